The zero-order valence-corrected chi connectivity index (χ0v) is 7.21. The van der Waals surface area contributed by atoms with Crippen molar-refractivity contribution in [1.29, 1.82) is 0 Å². The fraction of sp³-hybridized carbons (Fsp3) is 0.750. The summed E-state index contributed by atoms with van der Waals surface area (Å²) >= 11 is 0. The van der Waals surface area contributed by atoms with Gasteiger partial charge in [0.05, 0.1) is 13.7 Å². The first kappa shape index (κ1) is 9.19. The van der Waals surface area contributed by atoms with Gasteiger partial charge in [0.25, 0.3) is 5.78 Å². The Labute approximate surface area is 71.5 Å². The summed E-state index contributed by atoms with van der Waals surface area (Å²) in [6, 6.07) is 0. The van der Waals surface area contributed by atoms with Gasteiger partial charge < -0.3 is 4.74 Å². The Hall–Kier alpha value is -0.900. The van der Waals surface area contributed by atoms with Crippen molar-refractivity contribution in [1.82, 2.24) is 4.90 Å². The molecule has 1 rings (SSSR count). The molecule has 1 heterocycles. The van der Waals surface area contributed by atoms with Gasteiger partial charge in [-0.2, -0.15) is 0 Å². The van der Waals surface area contributed by atoms with Crippen LogP contribution < -0.4 is 0 Å². The van der Waals surface area contributed by atoms with Gasteiger partial charge in [-0.05, 0) is 25.9 Å². The number of nitrogens with zero attached hydrogens (tertiary/aromatic N) is 1. The Morgan fingerprint density at radius 3 is 2.42 bits per heavy atom. The molecule has 0 unspecified atom stereocenters. The summed E-state index contributed by atoms with van der Waals surface area (Å²) < 4.78 is 4.31. The highest BCUT2D eigenvalue weighted by molar-refractivity contribution is 6.34. The van der Waals surface area contributed by atoms with Crippen LogP contribution in [0.1, 0.15) is 12.8 Å². The Balaban J connectivity index is 2.29. The second-order valence-corrected chi connectivity index (χ2v) is 2.90. The van der Waals surface area contributed by atoms with Crippen molar-refractivity contribution in [2.24, 2.45) is 0 Å². The zero-order valence-electron chi connectivity index (χ0n) is 7.21. The normalized spacial score (nSPS) is 17.8. The van der Waals surface area contributed by atoms with E-state index in [1.165, 1.54) is 7.11 Å². The van der Waals surface area contributed by atoms with Gasteiger partial charge in [0.2, 0.25) is 0 Å². The summed E-state index contributed by atoms with van der Waals surface area (Å²) in [6.07, 6.45) is 2.24. The number of esters is 1. The van der Waals surface area contributed by atoms with E-state index in [0.29, 0.717) is 0 Å². The van der Waals surface area contributed by atoms with Crippen LogP contribution in [-0.2, 0) is 14.3 Å². The number of hydrogen-bond donors (Lipinski definition) is 0. The van der Waals surface area contributed by atoms with Gasteiger partial charge in [0, 0.05) is 0 Å². The minimum Gasteiger partial charge on any atom is -0.463 e. The summed E-state index contributed by atoms with van der Waals surface area (Å²) in [5.41, 5.74) is 0. The standard InChI is InChI=1S/C8H13NO3/c1-12-8(11)7(10)6-9-4-2-3-5-9/h2-6H2,1H3. The molecule has 12 heavy (non-hydrogen) atoms. The van der Waals surface area contributed by atoms with E-state index in [0.717, 1.165) is 25.9 Å². The molecule has 1 fully saturated rings. The molecule has 0 aromatic rings. The van der Waals surface area contributed by atoms with E-state index in [9.17, 15) is 9.59 Å². The summed E-state index contributed by atoms with van der Waals surface area (Å²) in [7, 11) is 1.23. The monoisotopic (exact) mass is 171 g/mol. The third kappa shape index (κ3) is 2.30. The molecule has 1 aliphatic rings. The predicted molar refractivity (Wildman–Crippen MR) is 42.7 cm³/mol. The first-order valence-electron chi connectivity index (χ1n) is 4.07. The number of ketones is 1. The quantitative estimate of drug-likeness (QED) is 0.436. The number of methoxy groups -OCH3 is 1. The molecule has 0 radical (unpaired) electrons. The van der Waals surface area contributed by atoms with Gasteiger partial charge in [-0.1, -0.05) is 0 Å². The van der Waals surface area contributed by atoms with Crippen LogP contribution in [0.25, 0.3) is 0 Å². The smallest absolute Gasteiger partial charge is 0.375 e. The van der Waals surface area contributed by atoms with Gasteiger partial charge in [-0.25, -0.2) is 4.79 Å². The van der Waals surface area contributed by atoms with Gasteiger partial charge in [0.1, 0.15) is 0 Å². The lowest BCUT2D eigenvalue weighted by Gasteiger charge is -2.11. The number of Topliss-reactive ketones (excluding diaryl/α,β-unsaturated/α-hetero) is 1. The van der Waals surface area contributed by atoms with Crippen LogP contribution in [0.15, 0.2) is 0 Å². The van der Waals surface area contributed by atoms with Crippen LogP contribution in [0.3, 0.4) is 0 Å². The molecule has 1 saturated heterocycles. The predicted octanol–water partition coefficient (Wildman–Crippen LogP) is -0.176. The van der Waals surface area contributed by atoms with Crippen molar-refractivity contribution in [3.63, 3.8) is 0 Å². The fourth-order valence-corrected chi connectivity index (χ4v) is 1.32. The van der Waals surface area contributed by atoms with Gasteiger partial charge >= 0.3 is 5.97 Å². The van der Waals surface area contributed by atoms with Crippen molar-refractivity contribution in [3.05, 3.63) is 0 Å². The minimum absolute atomic E-state index is 0.215. The average molecular weight is 171 g/mol. The third-order valence-corrected chi connectivity index (χ3v) is 1.98. The molecule has 0 atom stereocenters. The van der Waals surface area contributed by atoms with Gasteiger partial charge in [0.15, 0.2) is 0 Å². The molecule has 0 aromatic carbocycles. The summed E-state index contributed by atoms with van der Waals surface area (Å²) in [5.74, 6) is -1.18. The summed E-state index contributed by atoms with van der Waals surface area (Å²) in [6.45, 7) is 2.05. The van der Waals surface area contributed by atoms with Crippen LogP contribution in [0.5, 0.6) is 0 Å². The van der Waals surface area contributed by atoms with Crippen LogP contribution in [0.4, 0.5) is 0 Å². The van der Waals surface area contributed by atoms with E-state index >= 15 is 0 Å². The second-order valence-electron chi connectivity index (χ2n) is 2.90. The molecule has 0 spiro atoms. The molecule has 0 N–H and O–H groups in total. The molecule has 4 nitrogen and oxygen atoms in total. The number of carbonyl (C=O) groups is 2. The highest BCUT2D eigenvalue weighted by Gasteiger charge is 2.20. The Bertz CT molecular complexity index is 185. The van der Waals surface area contributed by atoms with E-state index in [1.807, 2.05) is 4.90 Å². The molecule has 68 valence electrons. The van der Waals surface area contributed by atoms with Gasteiger partial charge in [-0.15, -0.1) is 0 Å². The Morgan fingerprint density at radius 2 is 1.92 bits per heavy atom. The van der Waals surface area contributed by atoms with Gasteiger partial charge in [-0.3, -0.25) is 9.69 Å². The fourth-order valence-electron chi connectivity index (χ4n) is 1.32. The Kier molecular flexibility index (Phi) is 3.22. The second kappa shape index (κ2) is 4.21. The van der Waals surface area contributed by atoms with Crippen LogP contribution in [0, 0.1) is 0 Å². The lowest BCUT2D eigenvalue weighted by atomic mass is 10.4. The maximum absolute atomic E-state index is 11.0. The number of hydrogen-bond acceptors (Lipinski definition) is 4. The number of rotatable bonds is 3. The third-order valence-electron chi connectivity index (χ3n) is 1.98. The highest BCUT2D eigenvalue weighted by atomic mass is 16.5. The van der Waals surface area contributed by atoms with E-state index in [-0.39, 0.29) is 6.54 Å². The molecule has 4 heteroatoms. The summed E-state index contributed by atoms with van der Waals surface area (Å²) in [4.78, 5) is 23.7. The van der Waals surface area contributed by atoms with E-state index in [2.05, 4.69) is 4.74 Å². The largest absolute Gasteiger partial charge is 0.463 e. The number of likely N-dealkylation sites (tertiary alicyclic amines) is 1. The first-order valence-corrected chi connectivity index (χ1v) is 4.07. The lowest BCUT2D eigenvalue weighted by molar-refractivity contribution is -0.152. The number of ether oxygens (including phenoxy) is 1. The maximum Gasteiger partial charge on any atom is 0.375 e. The van der Waals surface area contributed by atoms with Crippen molar-refractivity contribution in [2.45, 2.75) is 12.8 Å². The van der Waals surface area contributed by atoms with E-state index in [4.69, 9.17) is 0 Å². The SMILES string of the molecule is COC(=O)C(=O)CN1CCCC1. The first-order chi connectivity index (χ1) is 5.74. The minimum atomic E-state index is -0.734. The van der Waals surface area contributed by atoms with E-state index < -0.39 is 11.8 Å². The van der Waals surface area contributed by atoms with Crippen molar-refractivity contribution < 1.29 is 14.3 Å². The average Bonchev–Trinajstić information content (AvgIpc) is 2.55. The molecule has 0 saturated carbocycles. The van der Waals surface area contributed by atoms with Crippen molar-refractivity contribution in [2.75, 3.05) is 26.7 Å². The molecule has 1 aliphatic heterocycles. The van der Waals surface area contributed by atoms with Crippen LogP contribution in [-0.4, -0.2) is 43.4 Å². The topological polar surface area (TPSA) is 46.6 Å². The number of carbonyl (C=O) groups excluding carboxylic acids is 2. The zero-order chi connectivity index (χ0) is 8.97. The highest BCUT2D eigenvalue weighted by Crippen LogP contribution is 2.06. The molecular weight excluding hydrogens is 158 g/mol. The Morgan fingerprint density at radius 1 is 1.33 bits per heavy atom. The molecule has 0 aliphatic carbocycles. The molecule has 0 amide bonds. The molecule has 0 aromatic heterocycles. The molecular formula is C8H13NO3. The lowest BCUT2D eigenvalue weighted by Crippen LogP contribution is -2.31. The maximum atomic E-state index is 11.0. The molecule has 0 bridgehead atoms. The van der Waals surface area contributed by atoms with Crippen molar-refractivity contribution >= 4 is 11.8 Å². The summed E-state index contributed by atoms with van der Waals surface area (Å²) in [5, 5.41) is 0. The van der Waals surface area contributed by atoms with Crippen molar-refractivity contribution in [3.8, 4) is 0 Å². The van der Waals surface area contributed by atoms with E-state index in [1.54, 1.807) is 0 Å². The van der Waals surface area contributed by atoms with Crippen LogP contribution in [0.2, 0.25) is 0 Å². The van der Waals surface area contributed by atoms with Crippen LogP contribution >= 0.6 is 0 Å².